The van der Waals surface area contributed by atoms with E-state index in [1.165, 1.54) is 0 Å². The number of nitriles is 1. The lowest BCUT2D eigenvalue weighted by molar-refractivity contribution is 0.112. The van der Waals surface area contributed by atoms with Crippen LogP contribution < -0.4 is 0 Å². The van der Waals surface area contributed by atoms with Crippen molar-refractivity contribution in [2.24, 2.45) is 0 Å². The van der Waals surface area contributed by atoms with Crippen molar-refractivity contribution in [2.45, 2.75) is 0 Å². The zero-order chi connectivity index (χ0) is 15.1. The summed E-state index contributed by atoms with van der Waals surface area (Å²) in [6.45, 7) is 0. The lowest BCUT2D eigenvalue weighted by atomic mass is 10.1. The van der Waals surface area contributed by atoms with Crippen molar-refractivity contribution in [2.75, 3.05) is 0 Å². The Morgan fingerprint density at radius 1 is 1.23 bits per heavy atom. The molecule has 2 aromatic heterocycles. The number of rotatable bonds is 2. The van der Waals surface area contributed by atoms with Crippen molar-refractivity contribution in [1.82, 2.24) is 14.5 Å². The van der Waals surface area contributed by atoms with Gasteiger partial charge in [-0.25, -0.2) is 4.98 Å². The van der Waals surface area contributed by atoms with Crippen molar-refractivity contribution in [3.05, 3.63) is 60.0 Å². The van der Waals surface area contributed by atoms with Gasteiger partial charge >= 0.3 is 0 Å². The van der Waals surface area contributed by atoms with Gasteiger partial charge in [0, 0.05) is 28.4 Å². The molecule has 4 aromatic rings. The lowest BCUT2D eigenvalue weighted by Gasteiger charge is -2.05. The van der Waals surface area contributed by atoms with Crippen molar-refractivity contribution in [3.8, 4) is 11.8 Å². The molecule has 0 spiro atoms. The molecule has 2 heterocycles. The number of fused-ring (bicyclic) bond motifs is 2. The summed E-state index contributed by atoms with van der Waals surface area (Å²) < 4.78 is 1.94. The molecule has 0 aliphatic heterocycles. The van der Waals surface area contributed by atoms with Gasteiger partial charge in [-0.15, -0.1) is 0 Å². The van der Waals surface area contributed by atoms with E-state index in [4.69, 9.17) is 5.26 Å². The first-order chi connectivity index (χ1) is 10.8. The molecule has 0 amide bonds. The number of aromatic nitrogens is 3. The highest BCUT2D eigenvalue weighted by atomic mass is 16.1. The van der Waals surface area contributed by atoms with E-state index >= 15 is 0 Å². The number of aldehydes is 1. The highest BCUT2D eigenvalue weighted by Crippen LogP contribution is 2.24. The molecular weight excluding hydrogens is 276 g/mol. The summed E-state index contributed by atoms with van der Waals surface area (Å²) in [5.41, 5.74) is 4.74. The summed E-state index contributed by atoms with van der Waals surface area (Å²) >= 11 is 0. The van der Waals surface area contributed by atoms with E-state index in [0.717, 1.165) is 33.9 Å². The van der Waals surface area contributed by atoms with Crippen molar-refractivity contribution in [1.29, 1.82) is 5.26 Å². The minimum absolute atomic E-state index is 0.585. The third kappa shape index (κ3) is 1.71. The predicted octanol–water partition coefficient (Wildman–Crippen LogP) is 3.19. The fourth-order valence-corrected chi connectivity index (χ4v) is 2.67. The van der Waals surface area contributed by atoms with Crippen molar-refractivity contribution >= 4 is 28.2 Å². The zero-order valence-electron chi connectivity index (χ0n) is 11.4. The SMILES string of the molecule is N#Cc1ccc2c(c1)ncn2-c1ccc2[nH]cc(C=O)c2c1. The van der Waals surface area contributed by atoms with Crippen LogP contribution in [-0.2, 0) is 0 Å². The molecule has 0 bridgehead atoms. The topological polar surface area (TPSA) is 74.5 Å². The number of H-pyrrole nitrogens is 1. The van der Waals surface area contributed by atoms with E-state index < -0.39 is 0 Å². The Morgan fingerprint density at radius 3 is 2.95 bits per heavy atom. The number of hydrogen-bond donors (Lipinski definition) is 1. The predicted molar refractivity (Wildman–Crippen MR) is 83.0 cm³/mol. The molecule has 4 rings (SSSR count). The molecule has 0 fully saturated rings. The van der Waals surface area contributed by atoms with Gasteiger partial charge in [-0.3, -0.25) is 9.36 Å². The first kappa shape index (κ1) is 12.4. The fraction of sp³-hybridized carbons (Fsp3) is 0. The van der Waals surface area contributed by atoms with Crippen molar-refractivity contribution < 1.29 is 4.79 Å². The molecule has 5 nitrogen and oxygen atoms in total. The Labute approximate surface area is 125 Å². The molecule has 22 heavy (non-hydrogen) atoms. The lowest BCUT2D eigenvalue weighted by Crippen LogP contribution is -1.92. The first-order valence-corrected chi connectivity index (χ1v) is 6.74. The van der Waals surface area contributed by atoms with Gasteiger partial charge in [0.25, 0.3) is 0 Å². The third-order valence-electron chi connectivity index (χ3n) is 3.78. The highest BCUT2D eigenvalue weighted by Gasteiger charge is 2.08. The van der Waals surface area contributed by atoms with Crippen molar-refractivity contribution in [3.63, 3.8) is 0 Å². The van der Waals surface area contributed by atoms with Gasteiger partial charge in [0.05, 0.1) is 22.7 Å². The van der Waals surface area contributed by atoms with E-state index in [1.807, 2.05) is 28.8 Å². The third-order valence-corrected chi connectivity index (χ3v) is 3.78. The van der Waals surface area contributed by atoms with Gasteiger partial charge in [-0.2, -0.15) is 5.26 Å². The van der Waals surface area contributed by atoms with Gasteiger partial charge in [0.2, 0.25) is 0 Å². The second kappa shape index (κ2) is 4.57. The summed E-state index contributed by atoms with van der Waals surface area (Å²) in [5, 5.41) is 9.83. The second-order valence-electron chi connectivity index (χ2n) is 5.02. The van der Waals surface area contributed by atoms with Crippen LogP contribution in [0.4, 0.5) is 0 Å². The van der Waals surface area contributed by atoms with Gasteiger partial charge in [0.1, 0.15) is 6.33 Å². The normalized spacial score (nSPS) is 10.9. The average molecular weight is 286 g/mol. The van der Waals surface area contributed by atoms with Crippen LogP contribution in [0.5, 0.6) is 0 Å². The summed E-state index contributed by atoms with van der Waals surface area (Å²) in [6.07, 6.45) is 4.26. The van der Waals surface area contributed by atoms with E-state index in [0.29, 0.717) is 11.1 Å². The number of aromatic amines is 1. The van der Waals surface area contributed by atoms with E-state index in [-0.39, 0.29) is 0 Å². The summed E-state index contributed by atoms with van der Waals surface area (Å²) in [4.78, 5) is 18.5. The van der Waals surface area contributed by atoms with Crippen LogP contribution in [0, 0.1) is 11.3 Å². The molecule has 0 atom stereocenters. The minimum Gasteiger partial charge on any atom is -0.360 e. The van der Waals surface area contributed by atoms with E-state index in [9.17, 15) is 4.79 Å². The molecule has 1 N–H and O–H groups in total. The number of carbonyl (C=O) groups excluding carboxylic acids is 1. The number of imidazole rings is 1. The van der Waals surface area contributed by atoms with Crippen LogP contribution in [0.2, 0.25) is 0 Å². The van der Waals surface area contributed by atoms with Gasteiger partial charge in [-0.1, -0.05) is 0 Å². The molecule has 0 saturated heterocycles. The number of benzene rings is 2. The summed E-state index contributed by atoms with van der Waals surface area (Å²) in [7, 11) is 0. The van der Waals surface area contributed by atoms with Crippen LogP contribution in [0.3, 0.4) is 0 Å². The fourth-order valence-electron chi connectivity index (χ4n) is 2.67. The van der Waals surface area contributed by atoms with Gasteiger partial charge in [0.15, 0.2) is 6.29 Å². The van der Waals surface area contributed by atoms with Crippen LogP contribution in [0.25, 0.3) is 27.6 Å². The van der Waals surface area contributed by atoms with Gasteiger partial charge in [-0.05, 0) is 36.4 Å². The van der Waals surface area contributed by atoms with Gasteiger partial charge < -0.3 is 4.98 Å². The molecule has 0 saturated carbocycles. The van der Waals surface area contributed by atoms with E-state index in [1.54, 1.807) is 24.7 Å². The molecule has 0 unspecified atom stereocenters. The maximum atomic E-state index is 11.1. The monoisotopic (exact) mass is 286 g/mol. The standard InChI is InChI=1S/C17H10N4O/c18-7-11-1-4-17-16(5-11)20-10-21(17)13-2-3-15-14(6-13)12(9-22)8-19-15/h1-6,8-10,19H. The average Bonchev–Trinajstić information content (AvgIpc) is 3.17. The highest BCUT2D eigenvalue weighted by molar-refractivity contribution is 5.98. The molecule has 0 aliphatic carbocycles. The Balaban J connectivity index is 1.95. The first-order valence-electron chi connectivity index (χ1n) is 6.74. The smallest absolute Gasteiger partial charge is 0.152 e. The molecular formula is C17H10N4O. The molecule has 0 radical (unpaired) electrons. The molecule has 0 aliphatic rings. The maximum Gasteiger partial charge on any atom is 0.152 e. The Kier molecular flexibility index (Phi) is 2.57. The Morgan fingerprint density at radius 2 is 2.14 bits per heavy atom. The van der Waals surface area contributed by atoms with Crippen LogP contribution in [0.1, 0.15) is 15.9 Å². The van der Waals surface area contributed by atoms with Crippen LogP contribution in [0.15, 0.2) is 48.9 Å². The minimum atomic E-state index is 0.585. The molecule has 104 valence electrons. The maximum absolute atomic E-state index is 11.1. The zero-order valence-corrected chi connectivity index (χ0v) is 11.4. The van der Waals surface area contributed by atoms with Crippen LogP contribution in [-0.4, -0.2) is 20.8 Å². The number of nitrogens with one attached hydrogen (secondary N) is 1. The quantitative estimate of drug-likeness (QED) is 0.575. The number of hydrogen-bond acceptors (Lipinski definition) is 3. The molecule has 5 heteroatoms. The van der Waals surface area contributed by atoms with E-state index in [2.05, 4.69) is 16.0 Å². The number of nitrogens with zero attached hydrogens (tertiary/aromatic N) is 3. The molecule has 2 aromatic carbocycles. The Bertz CT molecular complexity index is 1070. The number of carbonyl (C=O) groups is 1. The largest absolute Gasteiger partial charge is 0.360 e. The summed E-state index contributed by atoms with van der Waals surface area (Å²) in [6, 6.07) is 13.4. The second-order valence-corrected chi connectivity index (χ2v) is 5.02. The van der Waals surface area contributed by atoms with Crippen LogP contribution >= 0.6 is 0 Å². The summed E-state index contributed by atoms with van der Waals surface area (Å²) in [5.74, 6) is 0. The Hall–Kier alpha value is -3.39.